The molecule has 1 amide bonds. The number of amides is 1. The maximum absolute atomic E-state index is 12.2. The van der Waals surface area contributed by atoms with Crippen molar-refractivity contribution in [2.24, 2.45) is 5.92 Å². The fourth-order valence-electron chi connectivity index (χ4n) is 3.89. The number of pyridine rings is 1. The second-order valence-electron chi connectivity index (χ2n) is 8.49. The molecule has 180 valence electrons. The molecule has 0 bridgehead atoms. The number of aromatic nitrogens is 3. The Kier molecular flexibility index (Phi) is 9.38. The highest BCUT2D eigenvalue weighted by atomic mass is 16.5. The molecule has 0 aliphatic carbocycles. The number of aryl methyl sites for hydroxylation is 2. The van der Waals surface area contributed by atoms with Crippen LogP contribution in [0.15, 0.2) is 24.5 Å². The van der Waals surface area contributed by atoms with Crippen molar-refractivity contribution in [2.45, 2.75) is 52.1 Å². The minimum atomic E-state index is -0.974. The van der Waals surface area contributed by atoms with Gasteiger partial charge in [0.05, 0.1) is 30.6 Å². The molecule has 3 rings (SSSR count). The summed E-state index contributed by atoms with van der Waals surface area (Å²) in [5, 5.41) is 20.8. The molecule has 1 aliphatic heterocycles. The van der Waals surface area contributed by atoms with Gasteiger partial charge >= 0.3 is 0 Å². The van der Waals surface area contributed by atoms with Gasteiger partial charge in [-0.25, -0.2) is 15.0 Å². The van der Waals surface area contributed by atoms with Crippen molar-refractivity contribution in [3.63, 3.8) is 0 Å². The zero-order valence-electron chi connectivity index (χ0n) is 19.5. The number of hydrogen-bond donors (Lipinski definition) is 3. The van der Waals surface area contributed by atoms with Gasteiger partial charge in [-0.15, -0.1) is 0 Å². The summed E-state index contributed by atoms with van der Waals surface area (Å²) < 4.78 is 5.79. The van der Waals surface area contributed by atoms with E-state index in [1.807, 2.05) is 12.4 Å². The molecule has 3 N–H and O–H groups in total. The van der Waals surface area contributed by atoms with Crippen LogP contribution in [0.2, 0.25) is 0 Å². The van der Waals surface area contributed by atoms with Crippen LogP contribution in [0.25, 0.3) is 0 Å². The first kappa shape index (κ1) is 24.9. The number of aliphatic hydroxyl groups excluding tert-OH is 2. The lowest BCUT2D eigenvalue weighted by atomic mass is 9.92. The predicted molar refractivity (Wildman–Crippen MR) is 125 cm³/mol. The first-order valence-electron chi connectivity index (χ1n) is 11.7. The molecule has 2 aromatic rings. The average molecular weight is 458 g/mol. The average Bonchev–Trinajstić information content (AvgIpc) is 2.85. The fourth-order valence-corrected chi connectivity index (χ4v) is 3.89. The molecule has 0 unspecified atom stereocenters. The van der Waals surface area contributed by atoms with Gasteiger partial charge < -0.3 is 25.2 Å². The van der Waals surface area contributed by atoms with Gasteiger partial charge in [0.25, 0.3) is 5.91 Å². The Labute approximate surface area is 195 Å². The Hall–Kier alpha value is -2.78. The van der Waals surface area contributed by atoms with Crippen molar-refractivity contribution in [1.29, 1.82) is 0 Å². The van der Waals surface area contributed by atoms with E-state index in [1.54, 1.807) is 19.1 Å². The number of anilines is 1. The third-order valence-corrected chi connectivity index (χ3v) is 6.02. The number of ether oxygens (including phenoxy) is 1. The van der Waals surface area contributed by atoms with Crippen molar-refractivity contribution in [3.8, 4) is 5.88 Å². The van der Waals surface area contributed by atoms with Gasteiger partial charge in [0.1, 0.15) is 0 Å². The number of hydrogen-bond acceptors (Lipinski definition) is 8. The van der Waals surface area contributed by atoms with E-state index in [1.165, 1.54) is 0 Å². The lowest BCUT2D eigenvalue weighted by Gasteiger charge is -2.32. The van der Waals surface area contributed by atoms with E-state index in [0.29, 0.717) is 29.7 Å². The lowest BCUT2D eigenvalue weighted by Crippen LogP contribution is -2.35. The number of carbonyl (C=O) groups excluding carboxylic acids is 1. The van der Waals surface area contributed by atoms with Crippen LogP contribution < -0.4 is 15.0 Å². The third kappa shape index (κ3) is 7.36. The molecule has 0 radical (unpaired) electrons. The highest BCUT2D eigenvalue weighted by molar-refractivity contribution is 5.95. The van der Waals surface area contributed by atoms with E-state index in [0.717, 1.165) is 56.7 Å². The Morgan fingerprint density at radius 2 is 2.00 bits per heavy atom. The molecule has 1 atom stereocenters. The molecule has 9 heteroatoms. The van der Waals surface area contributed by atoms with Gasteiger partial charge in [-0.3, -0.25) is 4.79 Å². The van der Waals surface area contributed by atoms with Gasteiger partial charge in [0, 0.05) is 38.1 Å². The number of rotatable bonds is 11. The van der Waals surface area contributed by atoms with Gasteiger partial charge in [-0.2, -0.15) is 0 Å². The molecular formula is C24H35N5O4. The van der Waals surface area contributed by atoms with Crippen molar-refractivity contribution >= 4 is 11.9 Å². The largest absolute Gasteiger partial charge is 0.478 e. The first-order valence-corrected chi connectivity index (χ1v) is 11.7. The summed E-state index contributed by atoms with van der Waals surface area (Å²) in [7, 11) is 0. The van der Waals surface area contributed by atoms with E-state index in [4.69, 9.17) is 9.84 Å². The van der Waals surface area contributed by atoms with Crippen LogP contribution in [-0.4, -0.2) is 70.0 Å². The smallest absolute Gasteiger partial charge is 0.253 e. The Balaban J connectivity index is 1.36. The van der Waals surface area contributed by atoms with E-state index >= 15 is 0 Å². The highest BCUT2D eigenvalue weighted by Crippen LogP contribution is 2.24. The van der Waals surface area contributed by atoms with Crippen LogP contribution in [-0.2, 0) is 6.42 Å². The molecule has 0 saturated carbocycles. The van der Waals surface area contributed by atoms with Crippen molar-refractivity contribution in [1.82, 2.24) is 20.3 Å². The molecule has 2 aromatic heterocycles. The molecule has 3 heterocycles. The monoisotopic (exact) mass is 457 g/mol. The zero-order valence-corrected chi connectivity index (χ0v) is 19.5. The summed E-state index contributed by atoms with van der Waals surface area (Å²) in [4.78, 5) is 27.8. The Morgan fingerprint density at radius 1 is 1.27 bits per heavy atom. The maximum Gasteiger partial charge on any atom is 0.253 e. The number of nitrogens with zero attached hydrogens (tertiary/aromatic N) is 4. The second kappa shape index (κ2) is 12.5. The molecule has 1 saturated heterocycles. The van der Waals surface area contributed by atoms with Crippen molar-refractivity contribution < 1.29 is 19.7 Å². The highest BCUT2D eigenvalue weighted by Gasteiger charge is 2.20. The predicted octanol–water partition coefficient (Wildman–Crippen LogP) is 1.90. The number of carbonyl (C=O) groups is 1. The van der Waals surface area contributed by atoms with Crippen LogP contribution in [0, 0.1) is 12.8 Å². The van der Waals surface area contributed by atoms with Gasteiger partial charge in [-0.05, 0) is 56.6 Å². The Bertz CT molecular complexity index is 885. The molecule has 1 aliphatic rings. The summed E-state index contributed by atoms with van der Waals surface area (Å²) in [5.74, 6) is 1.67. The van der Waals surface area contributed by atoms with Crippen molar-refractivity contribution in [3.05, 3.63) is 41.3 Å². The molecular weight excluding hydrogens is 422 g/mol. The topological polar surface area (TPSA) is 121 Å². The maximum atomic E-state index is 12.2. The van der Waals surface area contributed by atoms with E-state index in [-0.39, 0.29) is 12.5 Å². The molecule has 0 aromatic carbocycles. The van der Waals surface area contributed by atoms with Crippen LogP contribution in [0.4, 0.5) is 5.95 Å². The van der Waals surface area contributed by atoms with Crippen LogP contribution in [0.3, 0.4) is 0 Å². The first-order chi connectivity index (χ1) is 16.0. The quantitative estimate of drug-likeness (QED) is 0.438. The summed E-state index contributed by atoms with van der Waals surface area (Å²) in [6.07, 6.45) is 8.14. The molecule has 9 nitrogen and oxygen atoms in total. The normalized spacial score (nSPS) is 15.3. The Morgan fingerprint density at radius 3 is 2.64 bits per heavy atom. The van der Waals surface area contributed by atoms with Gasteiger partial charge in [0.15, 0.2) is 0 Å². The lowest BCUT2D eigenvalue weighted by molar-refractivity contribution is 0.0801. The number of aliphatic hydroxyl groups is 2. The summed E-state index contributed by atoms with van der Waals surface area (Å²) in [6.45, 7) is 6.00. The second-order valence-corrected chi connectivity index (χ2v) is 8.49. The molecule has 0 spiro atoms. The fraction of sp³-hybridized carbons (Fsp3) is 0.583. The minimum Gasteiger partial charge on any atom is -0.478 e. The summed E-state index contributed by atoms with van der Waals surface area (Å²) in [5.41, 5.74) is 2.15. The summed E-state index contributed by atoms with van der Waals surface area (Å²) >= 11 is 0. The zero-order chi connectivity index (χ0) is 23.6. The van der Waals surface area contributed by atoms with Gasteiger partial charge in [0.2, 0.25) is 11.8 Å². The molecule has 1 fully saturated rings. The van der Waals surface area contributed by atoms with E-state index in [9.17, 15) is 9.90 Å². The van der Waals surface area contributed by atoms with Crippen LogP contribution >= 0.6 is 0 Å². The van der Waals surface area contributed by atoms with Crippen LogP contribution in [0.1, 0.15) is 54.2 Å². The minimum absolute atomic E-state index is 0.00981. The van der Waals surface area contributed by atoms with Crippen LogP contribution in [0.5, 0.6) is 5.88 Å². The van der Waals surface area contributed by atoms with E-state index < -0.39 is 12.7 Å². The number of nitrogens with one attached hydrogen (secondary N) is 1. The van der Waals surface area contributed by atoms with Gasteiger partial charge in [-0.1, -0.05) is 6.92 Å². The standard InChI is InChI=1S/C24H35N5O4/c1-3-18-13-26-24(27-14-18)29-10-8-19(9-11-29)5-4-12-33-22-7-6-21(17(2)28-22)23(32)25-15-20(31)16-30/h6-7,13-14,19-20,30-31H,3-5,8-12,15-16H2,1-2H3,(H,25,32)/t20-/m0/s1. The van der Waals surface area contributed by atoms with Crippen molar-refractivity contribution in [2.75, 3.05) is 37.7 Å². The summed E-state index contributed by atoms with van der Waals surface area (Å²) in [6, 6.07) is 3.36. The number of piperidine rings is 1. The van der Waals surface area contributed by atoms with E-state index in [2.05, 4.69) is 32.1 Å². The molecule has 33 heavy (non-hydrogen) atoms. The SMILES string of the molecule is CCc1cnc(N2CCC(CCCOc3ccc(C(=O)NC[C@H](O)CO)c(C)n3)CC2)nc1. The third-order valence-electron chi connectivity index (χ3n) is 6.02.